The van der Waals surface area contributed by atoms with E-state index in [1.807, 2.05) is 25.9 Å². The molecule has 3 aliphatic rings. The van der Waals surface area contributed by atoms with Crippen LogP contribution in [0, 0.1) is 17.8 Å². The molecule has 0 saturated carbocycles. The summed E-state index contributed by atoms with van der Waals surface area (Å²) in [5.74, 6) is -4.03. The number of likely N-dealkylation sites (N-methyl/N-ethyl adjacent to an activating group) is 1. The number of cyclic esters (lactones) is 1. The lowest BCUT2D eigenvalue weighted by Crippen LogP contribution is -2.60. The third kappa shape index (κ3) is 9.83. The Morgan fingerprint density at radius 1 is 0.923 bits per heavy atom. The van der Waals surface area contributed by atoms with E-state index in [-0.39, 0.29) is 31.4 Å². The van der Waals surface area contributed by atoms with Gasteiger partial charge in [-0.05, 0) is 81.8 Å². The summed E-state index contributed by atoms with van der Waals surface area (Å²) in [5, 5.41) is 60.3. The van der Waals surface area contributed by atoms with E-state index in [1.165, 1.54) is 27.9 Å². The molecule has 3 rings (SSSR count). The lowest BCUT2D eigenvalue weighted by Gasteiger charge is -2.48. The molecule has 0 aliphatic carbocycles. The SMILES string of the molecule is CC[C@H]1OC(=O)[C@H](C)[C@@H](O[C@H]2C[C@](C)(OC)[C@H](O)[C@H](C)O2)[C@H](C)[C@@H](O[C@@H]2O[C@H](C)C[C@H](N(C)C)[C@H]2O)[C@](C)(O)C[C@@H](C)C(=O)N[C@H](C)[C@@H](O)[C@]1(C)O. The maximum Gasteiger partial charge on any atom is 0.311 e. The molecule has 304 valence electrons. The van der Waals surface area contributed by atoms with Gasteiger partial charge in [-0.2, -0.15) is 0 Å². The van der Waals surface area contributed by atoms with Crippen LogP contribution in [0.1, 0.15) is 94.9 Å². The van der Waals surface area contributed by atoms with Crippen LogP contribution in [0.3, 0.4) is 0 Å². The molecule has 6 N–H and O–H groups in total. The Bertz CT molecular complexity index is 1190. The maximum atomic E-state index is 14.1. The van der Waals surface area contributed by atoms with Gasteiger partial charge in [0.25, 0.3) is 0 Å². The number of aliphatic hydroxyl groups excluding tert-OH is 3. The van der Waals surface area contributed by atoms with Gasteiger partial charge in [-0.3, -0.25) is 9.59 Å². The second-order valence-corrected chi connectivity index (χ2v) is 16.6. The maximum absolute atomic E-state index is 14.1. The fraction of sp³-hybridized carbons (Fsp3) is 0.946. The number of hydrogen-bond acceptors (Lipinski definition) is 14. The Morgan fingerprint density at radius 3 is 2.10 bits per heavy atom. The molecule has 0 unspecified atom stereocenters. The zero-order valence-corrected chi connectivity index (χ0v) is 33.4. The minimum atomic E-state index is -1.97. The number of carbonyl (C=O) groups is 2. The van der Waals surface area contributed by atoms with Crippen molar-refractivity contribution in [1.29, 1.82) is 0 Å². The summed E-state index contributed by atoms with van der Waals surface area (Å²) in [6, 6.07) is -1.29. The van der Waals surface area contributed by atoms with Gasteiger partial charge in [0.15, 0.2) is 12.6 Å². The van der Waals surface area contributed by atoms with Crippen molar-refractivity contribution in [1.82, 2.24) is 10.2 Å². The number of carbonyl (C=O) groups excluding carboxylic acids is 2. The fourth-order valence-corrected chi connectivity index (χ4v) is 8.24. The van der Waals surface area contributed by atoms with Crippen LogP contribution >= 0.6 is 0 Å². The zero-order chi connectivity index (χ0) is 39.7. The Hall–Kier alpha value is -1.50. The quantitative estimate of drug-likeness (QED) is 0.202. The van der Waals surface area contributed by atoms with Gasteiger partial charge in [-0.15, -0.1) is 0 Å². The van der Waals surface area contributed by atoms with Gasteiger partial charge < -0.3 is 64.2 Å². The number of amides is 1. The third-order valence-corrected chi connectivity index (χ3v) is 11.7. The van der Waals surface area contributed by atoms with E-state index in [0.29, 0.717) is 6.42 Å². The van der Waals surface area contributed by atoms with Crippen molar-refractivity contribution in [2.45, 2.75) is 185 Å². The first-order chi connectivity index (χ1) is 23.9. The van der Waals surface area contributed by atoms with E-state index in [0.717, 1.165) is 0 Å². The molecule has 3 heterocycles. The molecule has 3 saturated heterocycles. The number of hydrogen-bond donors (Lipinski definition) is 6. The Balaban J connectivity index is 2.18. The number of nitrogens with zero attached hydrogens (tertiary/aromatic N) is 1. The first-order valence-corrected chi connectivity index (χ1v) is 18.7. The van der Waals surface area contributed by atoms with Crippen molar-refractivity contribution in [2.24, 2.45) is 17.8 Å². The molecule has 0 radical (unpaired) electrons. The van der Waals surface area contributed by atoms with E-state index < -0.39 is 108 Å². The number of methoxy groups -OCH3 is 1. The highest BCUT2D eigenvalue weighted by atomic mass is 16.7. The van der Waals surface area contributed by atoms with Gasteiger partial charge in [-0.25, -0.2) is 0 Å². The van der Waals surface area contributed by atoms with Crippen molar-refractivity contribution in [3.63, 3.8) is 0 Å². The van der Waals surface area contributed by atoms with Crippen molar-refractivity contribution >= 4 is 11.9 Å². The second kappa shape index (κ2) is 17.5. The molecule has 0 aromatic rings. The van der Waals surface area contributed by atoms with Gasteiger partial charge >= 0.3 is 5.97 Å². The van der Waals surface area contributed by atoms with E-state index >= 15 is 0 Å². The van der Waals surface area contributed by atoms with Crippen LogP contribution < -0.4 is 5.32 Å². The minimum Gasteiger partial charge on any atom is -0.459 e. The molecule has 18 atom stereocenters. The number of ether oxygens (including phenoxy) is 6. The number of esters is 1. The largest absolute Gasteiger partial charge is 0.459 e. The first kappa shape index (κ1) is 44.9. The standard InChI is InChI=1S/C37H68N2O13/c1-14-25-37(10,46)29(41)22(6)38-32(43)18(2)16-35(8,45)31(52-34-27(40)24(39(11)12)15-19(3)48-34)20(4)28(21(5)33(44)50-25)51-26-17-36(9,47-13)30(42)23(7)49-26/h18-31,34,40-42,45-46H,14-17H2,1-13H3,(H,38,43)/t18-,19-,20+,21-,22-,23+,24+,25-,26+,27-,28+,29-,30-,31-,34+,35-,36+,37-/m1/s1. The van der Waals surface area contributed by atoms with E-state index in [9.17, 15) is 35.1 Å². The normalized spacial score (nSPS) is 49.1. The molecule has 1 amide bonds. The van der Waals surface area contributed by atoms with Gasteiger partial charge in [0, 0.05) is 31.4 Å². The van der Waals surface area contributed by atoms with Crippen LogP contribution in [0.5, 0.6) is 0 Å². The van der Waals surface area contributed by atoms with Gasteiger partial charge in [0.05, 0.1) is 47.6 Å². The Morgan fingerprint density at radius 2 is 1.54 bits per heavy atom. The summed E-state index contributed by atoms with van der Waals surface area (Å²) in [4.78, 5) is 29.5. The minimum absolute atomic E-state index is 0.0853. The number of nitrogens with one attached hydrogen (secondary N) is 1. The van der Waals surface area contributed by atoms with E-state index in [4.69, 9.17) is 28.4 Å². The highest BCUT2D eigenvalue weighted by molar-refractivity contribution is 5.78. The molecular formula is C37H68N2O13. The predicted octanol–water partition coefficient (Wildman–Crippen LogP) is 1.09. The second-order valence-electron chi connectivity index (χ2n) is 16.6. The monoisotopic (exact) mass is 748 g/mol. The van der Waals surface area contributed by atoms with Crippen LogP contribution in [0.2, 0.25) is 0 Å². The molecule has 0 aromatic heterocycles. The molecule has 3 fully saturated rings. The smallest absolute Gasteiger partial charge is 0.311 e. The highest BCUT2D eigenvalue weighted by Gasteiger charge is 2.52. The third-order valence-electron chi connectivity index (χ3n) is 11.7. The fourth-order valence-electron chi connectivity index (χ4n) is 8.24. The molecule has 15 nitrogen and oxygen atoms in total. The molecule has 52 heavy (non-hydrogen) atoms. The van der Waals surface area contributed by atoms with Crippen molar-refractivity contribution < 1.29 is 63.5 Å². The van der Waals surface area contributed by atoms with Gasteiger partial charge in [0.1, 0.15) is 30.0 Å². The summed E-state index contributed by atoms with van der Waals surface area (Å²) in [7, 11) is 5.17. The van der Waals surface area contributed by atoms with Gasteiger partial charge in [-0.1, -0.05) is 20.8 Å². The lowest BCUT2D eigenvalue weighted by molar-refractivity contribution is -0.317. The number of rotatable bonds is 7. The van der Waals surface area contributed by atoms with Crippen molar-refractivity contribution in [3.05, 3.63) is 0 Å². The van der Waals surface area contributed by atoms with Crippen LogP contribution in [0.4, 0.5) is 0 Å². The zero-order valence-electron chi connectivity index (χ0n) is 33.4. The van der Waals surface area contributed by atoms with Crippen LogP contribution in [-0.4, -0.2) is 154 Å². The van der Waals surface area contributed by atoms with E-state index in [2.05, 4.69) is 5.32 Å². The lowest BCUT2D eigenvalue weighted by atomic mass is 9.77. The summed E-state index contributed by atoms with van der Waals surface area (Å²) in [5.41, 5.74) is -4.82. The number of aliphatic hydroxyl groups is 5. The predicted molar refractivity (Wildman–Crippen MR) is 190 cm³/mol. The average molecular weight is 749 g/mol. The summed E-state index contributed by atoms with van der Waals surface area (Å²) in [6.45, 7) is 16.3. The van der Waals surface area contributed by atoms with Crippen LogP contribution in [0.15, 0.2) is 0 Å². The molecule has 0 bridgehead atoms. The summed E-state index contributed by atoms with van der Waals surface area (Å²) < 4.78 is 37.1. The molecule has 0 aromatic carbocycles. The van der Waals surface area contributed by atoms with Crippen molar-refractivity contribution in [2.75, 3.05) is 21.2 Å². The van der Waals surface area contributed by atoms with Crippen molar-refractivity contribution in [3.8, 4) is 0 Å². The molecule has 3 aliphatic heterocycles. The van der Waals surface area contributed by atoms with Crippen LogP contribution in [-0.2, 0) is 38.0 Å². The molecular weight excluding hydrogens is 680 g/mol. The van der Waals surface area contributed by atoms with Gasteiger partial charge in [0.2, 0.25) is 5.91 Å². The van der Waals surface area contributed by atoms with E-state index in [1.54, 1.807) is 41.5 Å². The summed E-state index contributed by atoms with van der Waals surface area (Å²) >= 11 is 0. The topological polar surface area (TPSA) is 206 Å². The Labute approximate surface area is 309 Å². The van der Waals surface area contributed by atoms with Crippen LogP contribution in [0.25, 0.3) is 0 Å². The summed E-state index contributed by atoms with van der Waals surface area (Å²) in [6.07, 6.45) is -9.73. The highest BCUT2D eigenvalue weighted by Crippen LogP contribution is 2.40. The average Bonchev–Trinajstić information content (AvgIpc) is 3.06. The molecule has 15 heteroatoms. The molecule has 0 spiro atoms. The Kier molecular flexibility index (Phi) is 15.1. The first-order valence-electron chi connectivity index (χ1n) is 18.7.